The highest BCUT2D eigenvalue weighted by atomic mass is 32.2. The number of aryl methyl sites for hydroxylation is 1. The number of amides is 2. The summed E-state index contributed by atoms with van der Waals surface area (Å²) in [6.07, 6.45) is 2.72. The van der Waals surface area contributed by atoms with Gasteiger partial charge in [0.2, 0.25) is 0 Å². The normalized spacial score (nSPS) is 13.8. The molecule has 2 amide bonds. The summed E-state index contributed by atoms with van der Waals surface area (Å²) < 4.78 is 60.7. The molecule has 0 fully saturated rings. The minimum absolute atomic E-state index is 0.0728. The van der Waals surface area contributed by atoms with E-state index in [1.807, 2.05) is 0 Å². The number of hydrogen-bond acceptors (Lipinski definition) is 7. The Morgan fingerprint density at radius 1 is 1.28 bits per heavy atom. The third kappa shape index (κ3) is 6.24. The number of carbonyl (C=O) groups excluding carboxylic acids is 2. The van der Waals surface area contributed by atoms with Crippen molar-refractivity contribution >= 4 is 44.4 Å². The number of nitrogens with zero attached hydrogens (tertiary/aromatic N) is 3. The second-order valence-corrected chi connectivity index (χ2v) is 10.3. The van der Waals surface area contributed by atoms with Crippen molar-refractivity contribution in [3.63, 3.8) is 0 Å². The number of hydrogen-bond donors (Lipinski definition) is 3. The lowest BCUT2D eigenvalue weighted by atomic mass is 10.2. The fourth-order valence-electron chi connectivity index (χ4n) is 3.24. The second-order valence-electron chi connectivity index (χ2n) is 8.05. The van der Waals surface area contributed by atoms with Crippen LogP contribution < -0.4 is 20.1 Å². The first-order valence-corrected chi connectivity index (χ1v) is 12.7. The minimum Gasteiger partial charge on any atom is -0.479 e. The summed E-state index contributed by atoms with van der Waals surface area (Å²) in [5, 5.41) is 9.23. The van der Waals surface area contributed by atoms with Crippen molar-refractivity contribution in [2.45, 2.75) is 26.0 Å². The maximum Gasteiger partial charge on any atom is 0.264 e. The van der Waals surface area contributed by atoms with Gasteiger partial charge in [-0.05, 0) is 37.4 Å². The van der Waals surface area contributed by atoms with Crippen LogP contribution >= 0.6 is 0 Å². The van der Waals surface area contributed by atoms with E-state index in [9.17, 15) is 27.0 Å². The summed E-state index contributed by atoms with van der Waals surface area (Å²) in [6.45, 7) is 0.801. The van der Waals surface area contributed by atoms with Crippen LogP contribution in [-0.2, 0) is 14.5 Å². The van der Waals surface area contributed by atoms with Crippen LogP contribution in [0.1, 0.15) is 22.8 Å². The molecule has 36 heavy (non-hydrogen) atoms. The summed E-state index contributed by atoms with van der Waals surface area (Å²) in [7, 11) is -2.81. The van der Waals surface area contributed by atoms with Gasteiger partial charge >= 0.3 is 0 Å². The molecular weight excluding hydrogens is 501 g/mol. The maximum atomic E-state index is 14.0. The zero-order chi connectivity index (χ0) is 26.6. The number of ether oxygens (including phenoxy) is 1. The SMILES string of the molecule is C=S(C)(=O)NC(=O)c1cn2ncnc(Nc3ccc(F)cc3OC(C)C(=O)NC(CF)CF)c2c1C. The number of nitrogens with one attached hydrogen (secondary N) is 3. The predicted molar refractivity (Wildman–Crippen MR) is 130 cm³/mol. The van der Waals surface area contributed by atoms with Crippen molar-refractivity contribution in [1.82, 2.24) is 24.6 Å². The van der Waals surface area contributed by atoms with Gasteiger partial charge in [-0.3, -0.25) is 14.3 Å². The zero-order valence-electron chi connectivity index (χ0n) is 19.7. The van der Waals surface area contributed by atoms with Gasteiger partial charge in [0.25, 0.3) is 11.8 Å². The van der Waals surface area contributed by atoms with Crippen molar-refractivity contribution in [3.05, 3.63) is 47.7 Å². The van der Waals surface area contributed by atoms with Crippen LogP contribution in [0.2, 0.25) is 0 Å². The van der Waals surface area contributed by atoms with E-state index in [1.54, 1.807) is 6.92 Å². The molecule has 2 atom stereocenters. The molecule has 0 aliphatic carbocycles. The number of fused-ring (bicyclic) bond motifs is 1. The van der Waals surface area contributed by atoms with Gasteiger partial charge < -0.3 is 15.4 Å². The molecule has 0 saturated carbocycles. The van der Waals surface area contributed by atoms with Crippen molar-refractivity contribution in [1.29, 1.82) is 0 Å². The molecule has 0 spiro atoms. The first-order chi connectivity index (χ1) is 16.9. The molecule has 2 unspecified atom stereocenters. The molecule has 10 nitrogen and oxygen atoms in total. The average molecular weight is 527 g/mol. The molecule has 3 N–H and O–H groups in total. The Kier molecular flexibility index (Phi) is 8.07. The van der Waals surface area contributed by atoms with Gasteiger partial charge in [0, 0.05) is 28.2 Å². The third-order valence-corrected chi connectivity index (χ3v) is 5.59. The van der Waals surface area contributed by atoms with Gasteiger partial charge in [-0.25, -0.2) is 26.9 Å². The fourth-order valence-corrected chi connectivity index (χ4v) is 3.74. The van der Waals surface area contributed by atoms with E-state index in [1.165, 1.54) is 36.3 Å². The van der Waals surface area contributed by atoms with Crippen molar-refractivity contribution < 1.29 is 31.7 Å². The van der Waals surface area contributed by atoms with Crippen molar-refractivity contribution in [2.24, 2.45) is 0 Å². The number of anilines is 2. The molecule has 0 aliphatic heterocycles. The van der Waals surface area contributed by atoms with E-state index in [-0.39, 0.29) is 22.8 Å². The molecule has 0 aliphatic rings. The molecule has 1 aromatic carbocycles. The number of rotatable bonds is 10. The molecule has 0 radical (unpaired) electrons. The summed E-state index contributed by atoms with van der Waals surface area (Å²) >= 11 is 0. The number of carbonyl (C=O) groups is 2. The summed E-state index contributed by atoms with van der Waals surface area (Å²) in [6, 6.07) is 2.22. The van der Waals surface area contributed by atoms with Crippen LogP contribution in [0.25, 0.3) is 5.52 Å². The van der Waals surface area contributed by atoms with Crippen LogP contribution in [-0.4, -0.2) is 68.2 Å². The molecule has 3 rings (SSSR count). The van der Waals surface area contributed by atoms with Gasteiger partial charge in [-0.2, -0.15) is 5.10 Å². The minimum atomic E-state index is -2.81. The molecule has 0 saturated heterocycles. The molecule has 3 aromatic rings. The smallest absolute Gasteiger partial charge is 0.264 e. The van der Waals surface area contributed by atoms with Crippen LogP contribution in [0.4, 0.5) is 24.7 Å². The Balaban J connectivity index is 1.93. The molecule has 194 valence electrons. The highest BCUT2D eigenvalue weighted by Crippen LogP contribution is 2.32. The summed E-state index contributed by atoms with van der Waals surface area (Å²) in [4.78, 5) is 29.0. The second kappa shape index (κ2) is 10.8. The largest absolute Gasteiger partial charge is 0.479 e. The van der Waals surface area contributed by atoms with Crippen LogP contribution in [0.15, 0.2) is 30.7 Å². The summed E-state index contributed by atoms with van der Waals surface area (Å²) in [5.74, 6) is 1.50. The Morgan fingerprint density at radius 2 is 1.97 bits per heavy atom. The van der Waals surface area contributed by atoms with E-state index >= 15 is 0 Å². The maximum absolute atomic E-state index is 14.0. The molecule has 2 aromatic heterocycles. The lowest BCUT2D eigenvalue weighted by Crippen LogP contribution is -2.44. The Bertz CT molecular complexity index is 1390. The number of aromatic nitrogens is 3. The number of halogens is 3. The molecule has 2 heterocycles. The van der Waals surface area contributed by atoms with Gasteiger partial charge in [0.15, 0.2) is 11.9 Å². The van der Waals surface area contributed by atoms with E-state index in [0.717, 1.165) is 12.1 Å². The number of alkyl halides is 2. The monoisotopic (exact) mass is 526 g/mol. The van der Waals surface area contributed by atoms with Gasteiger partial charge in [-0.1, -0.05) is 0 Å². The Hall–Kier alpha value is -3.81. The Morgan fingerprint density at radius 3 is 2.61 bits per heavy atom. The van der Waals surface area contributed by atoms with Crippen LogP contribution in [0.5, 0.6) is 5.75 Å². The quantitative estimate of drug-likeness (QED) is 0.346. The highest BCUT2D eigenvalue weighted by molar-refractivity contribution is 7.98. The lowest BCUT2D eigenvalue weighted by molar-refractivity contribution is -0.128. The topological polar surface area (TPSA) is 127 Å². The van der Waals surface area contributed by atoms with E-state index in [0.29, 0.717) is 11.1 Å². The number of benzene rings is 1. The van der Waals surface area contributed by atoms with Crippen molar-refractivity contribution in [3.8, 4) is 5.75 Å². The first-order valence-electron chi connectivity index (χ1n) is 10.6. The molecule has 14 heteroatoms. The standard InChI is InChI=1S/C22H25F3N6O4S/c1-12-16(22(33)30-36(3,4)34)10-31-19(12)20(26-11-27-31)29-17-6-5-14(25)7-18(17)35-13(2)21(32)28-15(8-23)9-24/h5-7,10-11,13,15H,3,8-9H2,1-2,4H3,(H,28,32)(H,26,27,29)(H,30,33,34). The molecular formula is C22H25F3N6O4S. The Labute approximate surface area is 205 Å². The fraction of sp³-hybridized carbons (Fsp3) is 0.318. The molecule has 0 bridgehead atoms. The average Bonchev–Trinajstić information content (AvgIpc) is 3.15. The van der Waals surface area contributed by atoms with Gasteiger partial charge in [0.05, 0.1) is 17.3 Å². The zero-order valence-corrected chi connectivity index (χ0v) is 20.5. The third-order valence-electron chi connectivity index (χ3n) is 4.97. The lowest BCUT2D eigenvalue weighted by Gasteiger charge is -2.20. The first kappa shape index (κ1) is 26.8. The van der Waals surface area contributed by atoms with E-state index in [4.69, 9.17) is 4.74 Å². The van der Waals surface area contributed by atoms with Crippen LogP contribution in [0, 0.1) is 12.7 Å². The van der Waals surface area contributed by atoms with Gasteiger partial charge in [-0.15, -0.1) is 0 Å². The van der Waals surface area contributed by atoms with E-state index in [2.05, 4.69) is 31.3 Å². The van der Waals surface area contributed by atoms with Crippen LogP contribution in [0.3, 0.4) is 0 Å². The van der Waals surface area contributed by atoms with Gasteiger partial charge in [0.1, 0.15) is 36.8 Å². The van der Waals surface area contributed by atoms with E-state index < -0.39 is 52.8 Å². The predicted octanol–water partition coefficient (Wildman–Crippen LogP) is 2.10. The summed E-state index contributed by atoms with van der Waals surface area (Å²) in [5.41, 5.74) is 1.25. The van der Waals surface area contributed by atoms with Crippen molar-refractivity contribution in [2.75, 3.05) is 24.9 Å². The highest BCUT2D eigenvalue weighted by Gasteiger charge is 2.22.